The van der Waals surface area contributed by atoms with E-state index >= 15 is 0 Å². The van der Waals surface area contributed by atoms with Gasteiger partial charge in [0.05, 0.1) is 7.11 Å². The molecule has 1 aromatic heterocycles. The second-order valence-electron chi connectivity index (χ2n) is 6.37. The SMILES string of the molecule is COc1ccc(CN2CCN(Cc3ccncc3)CC2)cc1.O=C(O)C(=O)O. The molecule has 0 atom stereocenters. The lowest BCUT2D eigenvalue weighted by Crippen LogP contribution is -2.45. The molecular weight excluding hydrogens is 362 g/mol. The molecule has 0 aliphatic carbocycles. The molecule has 2 aromatic rings. The Morgan fingerprint density at radius 2 is 1.29 bits per heavy atom. The summed E-state index contributed by atoms with van der Waals surface area (Å²) in [6, 6.07) is 12.6. The van der Waals surface area contributed by atoms with Crippen molar-refractivity contribution < 1.29 is 24.5 Å². The lowest BCUT2D eigenvalue weighted by Gasteiger charge is -2.34. The van der Waals surface area contributed by atoms with Gasteiger partial charge in [-0.15, -0.1) is 0 Å². The van der Waals surface area contributed by atoms with E-state index in [1.54, 1.807) is 7.11 Å². The predicted octanol–water partition coefficient (Wildman–Crippen LogP) is 1.56. The minimum absolute atomic E-state index is 0.922. The van der Waals surface area contributed by atoms with E-state index in [4.69, 9.17) is 24.5 Å². The maximum absolute atomic E-state index is 9.10. The number of aromatic nitrogens is 1. The number of hydrogen-bond acceptors (Lipinski definition) is 6. The molecule has 0 spiro atoms. The third-order valence-electron chi connectivity index (χ3n) is 4.37. The molecule has 2 N–H and O–H groups in total. The maximum atomic E-state index is 9.10. The summed E-state index contributed by atoms with van der Waals surface area (Å²) in [4.78, 5) is 27.3. The average Bonchev–Trinajstić information content (AvgIpc) is 2.71. The van der Waals surface area contributed by atoms with Gasteiger partial charge in [-0.25, -0.2) is 9.59 Å². The van der Waals surface area contributed by atoms with Crippen LogP contribution in [0.3, 0.4) is 0 Å². The minimum Gasteiger partial charge on any atom is -0.497 e. The molecule has 0 unspecified atom stereocenters. The molecule has 3 rings (SSSR count). The molecule has 1 aliphatic heterocycles. The Bertz CT molecular complexity index is 732. The van der Waals surface area contributed by atoms with Gasteiger partial charge >= 0.3 is 11.9 Å². The van der Waals surface area contributed by atoms with Gasteiger partial charge in [-0.2, -0.15) is 0 Å². The number of rotatable bonds is 5. The number of hydrogen-bond donors (Lipinski definition) is 2. The molecule has 0 radical (unpaired) electrons. The quantitative estimate of drug-likeness (QED) is 0.745. The van der Waals surface area contributed by atoms with Gasteiger partial charge < -0.3 is 14.9 Å². The molecule has 1 aromatic carbocycles. The van der Waals surface area contributed by atoms with Gasteiger partial charge in [0.25, 0.3) is 0 Å². The monoisotopic (exact) mass is 387 g/mol. The zero-order valence-electron chi connectivity index (χ0n) is 15.8. The largest absolute Gasteiger partial charge is 0.497 e. The number of pyridine rings is 1. The lowest BCUT2D eigenvalue weighted by molar-refractivity contribution is -0.159. The van der Waals surface area contributed by atoms with Crippen LogP contribution in [0.4, 0.5) is 0 Å². The number of piperazine rings is 1. The number of nitrogens with zero attached hydrogens (tertiary/aromatic N) is 3. The maximum Gasteiger partial charge on any atom is 0.414 e. The third-order valence-corrected chi connectivity index (χ3v) is 4.37. The van der Waals surface area contributed by atoms with Gasteiger partial charge in [-0.3, -0.25) is 14.8 Å². The van der Waals surface area contributed by atoms with E-state index in [9.17, 15) is 0 Å². The predicted molar refractivity (Wildman–Crippen MR) is 103 cm³/mol. The average molecular weight is 387 g/mol. The molecule has 8 nitrogen and oxygen atoms in total. The fourth-order valence-corrected chi connectivity index (χ4v) is 2.84. The van der Waals surface area contributed by atoms with Crippen molar-refractivity contribution in [3.63, 3.8) is 0 Å². The standard InChI is InChI=1S/C18H23N3O.C2H2O4/c1-22-18-4-2-16(3-5-18)14-20-10-12-21(13-11-20)15-17-6-8-19-9-7-17;3-1(4)2(5)6/h2-9H,10-15H2,1H3;(H,3,4)(H,5,6). The molecule has 1 fully saturated rings. The van der Waals surface area contributed by atoms with Crippen molar-refractivity contribution in [3.8, 4) is 5.75 Å². The summed E-state index contributed by atoms with van der Waals surface area (Å²) in [7, 11) is 1.71. The van der Waals surface area contributed by atoms with Crippen molar-refractivity contribution in [1.82, 2.24) is 14.8 Å². The Hall–Kier alpha value is -2.97. The Morgan fingerprint density at radius 1 is 0.857 bits per heavy atom. The second-order valence-corrected chi connectivity index (χ2v) is 6.37. The third kappa shape index (κ3) is 7.34. The van der Waals surface area contributed by atoms with Crippen LogP contribution >= 0.6 is 0 Å². The summed E-state index contributed by atoms with van der Waals surface area (Å²) >= 11 is 0. The first-order valence-electron chi connectivity index (χ1n) is 8.90. The molecular formula is C20H25N3O5. The van der Waals surface area contributed by atoms with Gasteiger partial charge in [0.2, 0.25) is 0 Å². The fraction of sp³-hybridized carbons (Fsp3) is 0.350. The smallest absolute Gasteiger partial charge is 0.414 e. The van der Waals surface area contributed by atoms with Crippen molar-refractivity contribution >= 4 is 11.9 Å². The second kappa shape index (κ2) is 11.0. The van der Waals surface area contributed by atoms with Crippen molar-refractivity contribution in [2.24, 2.45) is 0 Å². The van der Waals surface area contributed by atoms with Crippen LogP contribution in [-0.4, -0.2) is 70.2 Å². The normalized spacial score (nSPS) is 14.6. The molecule has 1 aliphatic rings. The summed E-state index contributed by atoms with van der Waals surface area (Å²) in [5.74, 6) is -2.73. The fourth-order valence-electron chi connectivity index (χ4n) is 2.84. The number of carbonyl (C=O) groups is 2. The number of carboxylic acids is 2. The van der Waals surface area contributed by atoms with Crippen LogP contribution in [0.5, 0.6) is 5.75 Å². The summed E-state index contributed by atoms with van der Waals surface area (Å²) in [5.41, 5.74) is 2.70. The van der Waals surface area contributed by atoms with Gasteiger partial charge in [-0.05, 0) is 35.4 Å². The van der Waals surface area contributed by atoms with Crippen LogP contribution in [-0.2, 0) is 22.7 Å². The molecule has 0 saturated carbocycles. The first kappa shape index (κ1) is 21.3. The highest BCUT2D eigenvalue weighted by molar-refractivity contribution is 6.27. The zero-order chi connectivity index (χ0) is 20.4. The first-order valence-corrected chi connectivity index (χ1v) is 8.90. The number of aliphatic carboxylic acids is 2. The highest BCUT2D eigenvalue weighted by Gasteiger charge is 2.17. The minimum atomic E-state index is -1.82. The topological polar surface area (TPSA) is 103 Å². The van der Waals surface area contributed by atoms with Gasteiger partial charge in [0.1, 0.15) is 5.75 Å². The van der Waals surface area contributed by atoms with E-state index in [0.29, 0.717) is 0 Å². The van der Waals surface area contributed by atoms with E-state index in [0.717, 1.165) is 45.0 Å². The van der Waals surface area contributed by atoms with Crippen LogP contribution in [0.15, 0.2) is 48.8 Å². The van der Waals surface area contributed by atoms with Crippen LogP contribution < -0.4 is 4.74 Å². The number of ether oxygens (including phenoxy) is 1. The summed E-state index contributed by atoms with van der Waals surface area (Å²) in [5, 5.41) is 14.8. The van der Waals surface area contributed by atoms with E-state index in [-0.39, 0.29) is 0 Å². The van der Waals surface area contributed by atoms with E-state index < -0.39 is 11.9 Å². The van der Waals surface area contributed by atoms with Crippen molar-refractivity contribution in [3.05, 3.63) is 59.9 Å². The van der Waals surface area contributed by atoms with Crippen molar-refractivity contribution in [1.29, 1.82) is 0 Å². The molecule has 2 heterocycles. The Morgan fingerprint density at radius 3 is 1.68 bits per heavy atom. The highest BCUT2D eigenvalue weighted by Crippen LogP contribution is 2.14. The lowest BCUT2D eigenvalue weighted by atomic mass is 10.2. The van der Waals surface area contributed by atoms with Crippen LogP contribution in [0.2, 0.25) is 0 Å². The highest BCUT2D eigenvalue weighted by atomic mass is 16.5. The Balaban J connectivity index is 0.000000409. The molecule has 0 amide bonds. The van der Waals surface area contributed by atoms with Crippen LogP contribution in [0.25, 0.3) is 0 Å². The van der Waals surface area contributed by atoms with E-state index in [1.165, 1.54) is 11.1 Å². The molecule has 8 heteroatoms. The molecule has 0 bridgehead atoms. The summed E-state index contributed by atoms with van der Waals surface area (Å²) < 4.78 is 5.21. The molecule has 150 valence electrons. The molecule has 1 saturated heterocycles. The van der Waals surface area contributed by atoms with Crippen LogP contribution in [0, 0.1) is 0 Å². The first-order chi connectivity index (χ1) is 13.5. The Labute approximate surface area is 164 Å². The van der Waals surface area contributed by atoms with Gasteiger partial charge in [-0.1, -0.05) is 12.1 Å². The van der Waals surface area contributed by atoms with E-state index in [1.807, 2.05) is 24.5 Å². The number of benzene rings is 1. The number of methoxy groups -OCH3 is 1. The Kier molecular flexibility index (Phi) is 8.38. The van der Waals surface area contributed by atoms with Gasteiger partial charge in [0, 0.05) is 51.7 Å². The van der Waals surface area contributed by atoms with Crippen molar-refractivity contribution in [2.75, 3.05) is 33.3 Å². The van der Waals surface area contributed by atoms with Gasteiger partial charge in [0.15, 0.2) is 0 Å². The zero-order valence-corrected chi connectivity index (χ0v) is 15.8. The van der Waals surface area contributed by atoms with E-state index in [2.05, 4.69) is 39.0 Å². The summed E-state index contributed by atoms with van der Waals surface area (Å²) in [6.07, 6.45) is 3.74. The summed E-state index contributed by atoms with van der Waals surface area (Å²) in [6.45, 7) is 6.54. The van der Waals surface area contributed by atoms with Crippen molar-refractivity contribution in [2.45, 2.75) is 13.1 Å². The molecule has 28 heavy (non-hydrogen) atoms. The van der Waals surface area contributed by atoms with Crippen LogP contribution in [0.1, 0.15) is 11.1 Å². The number of carboxylic acid groups (broad SMARTS) is 2.